The number of carboxylic acid groups (broad SMARTS) is 1. The van der Waals surface area contributed by atoms with Gasteiger partial charge < -0.3 is 14.4 Å². The molecule has 0 amide bonds. The van der Waals surface area contributed by atoms with Gasteiger partial charge in [-0.3, -0.25) is 0 Å². The second-order valence-corrected chi connectivity index (χ2v) is 5.20. The number of nitrogens with zero attached hydrogens (tertiary/aromatic N) is 1. The van der Waals surface area contributed by atoms with Crippen LogP contribution in [0.4, 0.5) is 4.39 Å². The van der Waals surface area contributed by atoms with Gasteiger partial charge in [-0.25, -0.2) is 9.18 Å². The predicted molar refractivity (Wildman–Crippen MR) is 85.3 cm³/mol. The number of rotatable bonds is 5. The topological polar surface area (TPSA) is 51.5 Å². The molecule has 0 bridgehead atoms. The fraction of sp³-hybridized carbons (Fsp3) is 0.167. The first-order chi connectivity index (χ1) is 11.1. The molecule has 3 rings (SSSR count). The van der Waals surface area contributed by atoms with Crippen molar-refractivity contribution in [1.29, 1.82) is 0 Å². The van der Waals surface area contributed by atoms with Crippen molar-refractivity contribution < 1.29 is 19.0 Å². The van der Waals surface area contributed by atoms with Crippen molar-refractivity contribution in [2.75, 3.05) is 0 Å². The Balaban J connectivity index is 1.90. The van der Waals surface area contributed by atoms with Crippen molar-refractivity contribution in [2.24, 2.45) is 0 Å². The highest BCUT2D eigenvalue weighted by Crippen LogP contribution is 2.23. The summed E-state index contributed by atoms with van der Waals surface area (Å²) in [5.74, 6) is -0.661. The van der Waals surface area contributed by atoms with Gasteiger partial charge in [-0.2, -0.15) is 0 Å². The molecule has 0 aliphatic carbocycles. The van der Waals surface area contributed by atoms with Crippen LogP contribution in [0.5, 0.6) is 5.75 Å². The first kappa shape index (κ1) is 15.1. The van der Waals surface area contributed by atoms with E-state index < -0.39 is 5.97 Å². The lowest BCUT2D eigenvalue weighted by molar-refractivity contribution is 0.0697. The third kappa shape index (κ3) is 3.04. The van der Waals surface area contributed by atoms with Gasteiger partial charge in [-0.15, -0.1) is 0 Å². The van der Waals surface area contributed by atoms with Gasteiger partial charge in [0.2, 0.25) is 0 Å². The molecule has 3 aromatic rings. The van der Waals surface area contributed by atoms with Gasteiger partial charge in [0.1, 0.15) is 18.2 Å². The fourth-order valence-corrected chi connectivity index (χ4v) is 2.63. The second kappa shape index (κ2) is 6.12. The molecule has 1 N–H and O–H groups in total. The Morgan fingerprint density at radius 1 is 1.17 bits per heavy atom. The van der Waals surface area contributed by atoms with Crippen LogP contribution in [0, 0.1) is 5.82 Å². The lowest BCUT2D eigenvalue weighted by Gasteiger charge is -2.10. The zero-order valence-corrected chi connectivity index (χ0v) is 12.6. The van der Waals surface area contributed by atoms with Crippen LogP contribution in [0.2, 0.25) is 0 Å². The van der Waals surface area contributed by atoms with Crippen molar-refractivity contribution in [2.45, 2.75) is 20.1 Å². The van der Waals surface area contributed by atoms with Crippen LogP contribution < -0.4 is 4.74 Å². The van der Waals surface area contributed by atoms with E-state index in [0.29, 0.717) is 18.9 Å². The van der Waals surface area contributed by atoms with Crippen LogP contribution >= 0.6 is 0 Å². The summed E-state index contributed by atoms with van der Waals surface area (Å²) in [6.45, 7) is 3.03. The highest BCUT2D eigenvalue weighted by Gasteiger charge is 2.11. The number of carboxylic acids is 1. The zero-order chi connectivity index (χ0) is 16.4. The molecule has 4 nitrogen and oxygen atoms in total. The lowest BCUT2D eigenvalue weighted by atomic mass is 10.1. The summed E-state index contributed by atoms with van der Waals surface area (Å²) in [6, 6.07) is 12.9. The van der Waals surface area contributed by atoms with Crippen LogP contribution in [-0.2, 0) is 13.2 Å². The first-order valence-electron chi connectivity index (χ1n) is 7.32. The maximum Gasteiger partial charge on any atom is 0.335 e. The van der Waals surface area contributed by atoms with Crippen molar-refractivity contribution >= 4 is 16.9 Å². The summed E-state index contributed by atoms with van der Waals surface area (Å²) in [4.78, 5) is 11.1. The smallest absolute Gasteiger partial charge is 0.335 e. The van der Waals surface area contributed by atoms with E-state index in [1.807, 2.05) is 17.6 Å². The number of halogens is 1. The van der Waals surface area contributed by atoms with E-state index in [4.69, 9.17) is 9.84 Å². The Hall–Kier alpha value is -2.82. The minimum atomic E-state index is -0.945. The van der Waals surface area contributed by atoms with E-state index in [9.17, 15) is 9.18 Å². The fourth-order valence-electron chi connectivity index (χ4n) is 2.63. The number of aromatic carboxylic acids is 1. The van der Waals surface area contributed by atoms with E-state index >= 15 is 0 Å². The van der Waals surface area contributed by atoms with Crippen molar-refractivity contribution in [3.05, 3.63) is 65.6 Å². The number of hydrogen-bond acceptors (Lipinski definition) is 2. The molecule has 0 aliphatic rings. The Morgan fingerprint density at radius 2 is 1.91 bits per heavy atom. The monoisotopic (exact) mass is 313 g/mol. The average Bonchev–Trinajstić information content (AvgIpc) is 2.90. The number of fused-ring (bicyclic) bond motifs is 1. The molecule has 0 unspecified atom stereocenters. The maximum absolute atomic E-state index is 12.9. The summed E-state index contributed by atoms with van der Waals surface area (Å²) in [5.41, 5.74) is 2.07. The molecule has 0 aliphatic heterocycles. The quantitative estimate of drug-likeness (QED) is 0.772. The third-order valence-corrected chi connectivity index (χ3v) is 3.75. The SMILES string of the molecule is CCn1c(COc2ccc(F)cc2)cc2ccc(C(=O)O)cc21. The molecule has 1 aromatic heterocycles. The molecule has 23 heavy (non-hydrogen) atoms. The highest BCUT2D eigenvalue weighted by molar-refractivity contribution is 5.93. The number of aromatic nitrogens is 1. The normalized spacial score (nSPS) is 10.9. The summed E-state index contributed by atoms with van der Waals surface area (Å²) in [6.07, 6.45) is 0. The molecule has 0 saturated carbocycles. The van der Waals surface area contributed by atoms with Crippen LogP contribution in [0.15, 0.2) is 48.5 Å². The number of aryl methyl sites for hydroxylation is 1. The average molecular weight is 313 g/mol. The molecule has 2 aromatic carbocycles. The molecule has 5 heteroatoms. The molecule has 0 spiro atoms. The first-order valence-corrected chi connectivity index (χ1v) is 7.32. The van der Waals surface area contributed by atoms with Crippen molar-refractivity contribution in [1.82, 2.24) is 4.57 Å². The number of ether oxygens (including phenoxy) is 1. The molecular weight excluding hydrogens is 297 g/mol. The zero-order valence-electron chi connectivity index (χ0n) is 12.6. The van der Waals surface area contributed by atoms with Gasteiger partial charge >= 0.3 is 5.97 Å². The van der Waals surface area contributed by atoms with E-state index in [2.05, 4.69) is 0 Å². The summed E-state index contributed by atoms with van der Waals surface area (Å²) >= 11 is 0. The third-order valence-electron chi connectivity index (χ3n) is 3.75. The van der Waals surface area contributed by atoms with Crippen LogP contribution in [0.25, 0.3) is 10.9 Å². The Kier molecular flexibility index (Phi) is 4.02. The standard InChI is InChI=1S/C18H16FNO3/c1-2-20-15(11-23-16-7-5-14(19)6-8-16)9-12-3-4-13(18(21)22)10-17(12)20/h3-10H,2,11H2,1H3,(H,21,22). The summed E-state index contributed by atoms with van der Waals surface area (Å²) in [5, 5.41) is 10.1. The van der Waals surface area contributed by atoms with Crippen molar-refractivity contribution in [3.63, 3.8) is 0 Å². The molecule has 118 valence electrons. The van der Waals surface area contributed by atoms with E-state index in [-0.39, 0.29) is 11.4 Å². The van der Waals surface area contributed by atoms with Gasteiger partial charge in [0.25, 0.3) is 0 Å². The molecule has 1 heterocycles. The highest BCUT2D eigenvalue weighted by atomic mass is 19.1. The van der Waals surface area contributed by atoms with Crippen LogP contribution in [0.3, 0.4) is 0 Å². The minimum absolute atomic E-state index is 0.260. The van der Waals surface area contributed by atoms with E-state index in [1.54, 1.807) is 30.3 Å². The largest absolute Gasteiger partial charge is 0.487 e. The Bertz CT molecular complexity index is 853. The van der Waals surface area contributed by atoms with Crippen molar-refractivity contribution in [3.8, 4) is 5.75 Å². The number of hydrogen-bond donors (Lipinski definition) is 1. The summed E-state index contributed by atoms with van der Waals surface area (Å²) in [7, 11) is 0. The molecule has 0 saturated heterocycles. The van der Waals surface area contributed by atoms with Crippen LogP contribution in [0.1, 0.15) is 23.0 Å². The van der Waals surface area contributed by atoms with E-state index in [1.165, 1.54) is 12.1 Å². The minimum Gasteiger partial charge on any atom is -0.487 e. The number of benzene rings is 2. The van der Waals surface area contributed by atoms with Gasteiger partial charge in [0.05, 0.1) is 11.3 Å². The van der Waals surface area contributed by atoms with Gasteiger partial charge in [-0.05, 0) is 49.4 Å². The van der Waals surface area contributed by atoms with Gasteiger partial charge in [0.15, 0.2) is 0 Å². The molecule has 0 fully saturated rings. The van der Waals surface area contributed by atoms with E-state index in [0.717, 1.165) is 16.6 Å². The number of carbonyl (C=O) groups is 1. The molecule has 0 atom stereocenters. The second-order valence-electron chi connectivity index (χ2n) is 5.20. The maximum atomic E-state index is 12.9. The Labute approximate surface area is 132 Å². The summed E-state index contributed by atoms with van der Waals surface area (Å²) < 4.78 is 20.6. The lowest BCUT2D eigenvalue weighted by Crippen LogP contribution is -2.05. The predicted octanol–water partition coefficient (Wildman–Crippen LogP) is 4.08. The Morgan fingerprint density at radius 3 is 2.57 bits per heavy atom. The molecule has 0 radical (unpaired) electrons. The molecular formula is C18H16FNO3. The van der Waals surface area contributed by atoms with Crippen LogP contribution in [-0.4, -0.2) is 15.6 Å². The van der Waals surface area contributed by atoms with Gasteiger partial charge in [-0.1, -0.05) is 6.07 Å². The van der Waals surface area contributed by atoms with Gasteiger partial charge in [0, 0.05) is 17.4 Å².